The maximum atomic E-state index is 5.59. The molecular weight excluding hydrogens is 244 g/mol. The highest BCUT2D eigenvalue weighted by Crippen LogP contribution is 2.43. The van der Waals surface area contributed by atoms with Crippen molar-refractivity contribution >= 4 is 16.9 Å². The van der Waals surface area contributed by atoms with Crippen LogP contribution in [0.4, 0.5) is 0 Å². The minimum Gasteiger partial charge on any atom is -0.379 e. The number of rotatable bonds is 1. The molecule has 3 rings (SSSR count). The molecule has 1 saturated carbocycles. The van der Waals surface area contributed by atoms with Crippen LogP contribution in [0.2, 0.25) is 0 Å². The fourth-order valence-electron chi connectivity index (χ4n) is 3.35. The molecule has 2 fully saturated rings. The van der Waals surface area contributed by atoms with Gasteiger partial charge >= 0.3 is 0 Å². The first-order valence-electron chi connectivity index (χ1n) is 7.23. The molecule has 4 heteroatoms. The Morgan fingerprint density at radius 2 is 2.06 bits per heavy atom. The highest BCUT2D eigenvalue weighted by Gasteiger charge is 2.37. The van der Waals surface area contributed by atoms with E-state index in [1.54, 1.807) is 0 Å². The molecule has 3 aliphatic rings. The van der Waals surface area contributed by atoms with E-state index in [1.807, 2.05) is 11.8 Å². The van der Waals surface area contributed by atoms with Crippen LogP contribution in [-0.2, 0) is 4.74 Å². The van der Waals surface area contributed by atoms with Crippen molar-refractivity contribution in [3.05, 3.63) is 0 Å². The molecule has 18 heavy (non-hydrogen) atoms. The largest absolute Gasteiger partial charge is 0.379 e. The molecule has 0 aromatic rings. The van der Waals surface area contributed by atoms with Crippen LogP contribution in [-0.4, -0.2) is 36.2 Å². The van der Waals surface area contributed by atoms with E-state index in [0.717, 1.165) is 31.3 Å². The molecule has 2 heterocycles. The summed E-state index contributed by atoms with van der Waals surface area (Å²) in [5.74, 6) is 1.26. The molecule has 1 spiro atoms. The standard InChI is InChI=1S/C14H24N2OS/c1-13(5-4-8-17-10-13)16-12-15-9-14(11-18-12)6-2-3-7-14/h2-11H2,1H3,(H,15,16). The number of thioether (sulfide) groups is 1. The summed E-state index contributed by atoms with van der Waals surface area (Å²) < 4.78 is 5.59. The average molecular weight is 268 g/mol. The number of nitrogens with zero attached hydrogens (tertiary/aromatic N) is 1. The molecule has 0 aromatic carbocycles. The first kappa shape index (κ1) is 12.8. The third kappa shape index (κ3) is 2.69. The lowest BCUT2D eigenvalue weighted by atomic mass is 9.89. The van der Waals surface area contributed by atoms with Gasteiger partial charge in [-0.25, -0.2) is 0 Å². The Morgan fingerprint density at radius 3 is 2.67 bits per heavy atom. The number of hydrogen-bond acceptors (Lipinski definition) is 4. The lowest BCUT2D eigenvalue weighted by Gasteiger charge is -2.38. The van der Waals surface area contributed by atoms with Crippen molar-refractivity contribution in [2.45, 2.75) is 51.0 Å². The lowest BCUT2D eigenvalue weighted by molar-refractivity contribution is 0.0374. The Bertz CT molecular complexity index is 331. The highest BCUT2D eigenvalue weighted by atomic mass is 32.2. The Balaban J connectivity index is 1.59. The second kappa shape index (κ2) is 5.04. The third-order valence-electron chi connectivity index (χ3n) is 4.58. The number of ether oxygens (including phenoxy) is 1. The van der Waals surface area contributed by atoms with E-state index in [4.69, 9.17) is 9.73 Å². The van der Waals surface area contributed by atoms with E-state index < -0.39 is 0 Å². The van der Waals surface area contributed by atoms with E-state index in [2.05, 4.69) is 12.2 Å². The van der Waals surface area contributed by atoms with E-state index in [9.17, 15) is 0 Å². The average Bonchev–Trinajstić information content (AvgIpc) is 2.82. The molecule has 102 valence electrons. The summed E-state index contributed by atoms with van der Waals surface area (Å²) in [4.78, 5) is 4.82. The van der Waals surface area contributed by atoms with Gasteiger partial charge in [0.1, 0.15) is 0 Å². The van der Waals surface area contributed by atoms with Gasteiger partial charge in [0.2, 0.25) is 0 Å². The van der Waals surface area contributed by atoms with Gasteiger partial charge < -0.3 is 10.1 Å². The van der Waals surface area contributed by atoms with Gasteiger partial charge in [-0.1, -0.05) is 24.6 Å². The van der Waals surface area contributed by atoms with Gasteiger partial charge in [0.05, 0.1) is 12.1 Å². The monoisotopic (exact) mass is 268 g/mol. The minimum absolute atomic E-state index is 0.101. The second-order valence-electron chi connectivity index (χ2n) is 6.46. The Kier molecular flexibility index (Phi) is 3.59. The lowest BCUT2D eigenvalue weighted by Crippen LogP contribution is -2.52. The van der Waals surface area contributed by atoms with Crippen LogP contribution in [0.15, 0.2) is 4.99 Å². The van der Waals surface area contributed by atoms with Crippen molar-refractivity contribution in [1.82, 2.24) is 5.32 Å². The van der Waals surface area contributed by atoms with Crippen LogP contribution in [0.5, 0.6) is 0 Å². The predicted octanol–water partition coefficient (Wildman–Crippen LogP) is 2.81. The molecule has 3 nitrogen and oxygen atoms in total. The number of hydrogen-bond donors (Lipinski definition) is 1. The van der Waals surface area contributed by atoms with Crippen LogP contribution in [0, 0.1) is 5.41 Å². The van der Waals surface area contributed by atoms with Gasteiger partial charge in [0.25, 0.3) is 0 Å². The molecular formula is C14H24N2OS. The van der Waals surface area contributed by atoms with Crippen molar-refractivity contribution in [2.75, 3.05) is 25.5 Å². The molecule has 0 bridgehead atoms. The maximum absolute atomic E-state index is 5.59. The SMILES string of the molecule is CC1(NC2=NCC3(CCCC3)CS2)CCCOC1. The van der Waals surface area contributed by atoms with Gasteiger partial charge in [-0.15, -0.1) is 0 Å². The van der Waals surface area contributed by atoms with Crippen LogP contribution in [0.1, 0.15) is 45.4 Å². The van der Waals surface area contributed by atoms with E-state index >= 15 is 0 Å². The van der Waals surface area contributed by atoms with Crippen molar-refractivity contribution in [3.8, 4) is 0 Å². The first-order valence-corrected chi connectivity index (χ1v) is 8.22. The number of nitrogens with one attached hydrogen (secondary N) is 1. The van der Waals surface area contributed by atoms with Crippen LogP contribution in [0.25, 0.3) is 0 Å². The molecule has 0 aromatic heterocycles. The van der Waals surface area contributed by atoms with Crippen molar-refractivity contribution in [1.29, 1.82) is 0 Å². The van der Waals surface area contributed by atoms with Gasteiger partial charge in [-0.05, 0) is 38.0 Å². The molecule has 0 amide bonds. The molecule has 1 aliphatic carbocycles. The quantitative estimate of drug-likeness (QED) is 0.794. The summed E-state index contributed by atoms with van der Waals surface area (Å²) in [5, 5.41) is 4.78. The minimum atomic E-state index is 0.101. The van der Waals surface area contributed by atoms with Crippen LogP contribution >= 0.6 is 11.8 Å². The zero-order chi connectivity index (χ0) is 12.5. The van der Waals surface area contributed by atoms with Crippen molar-refractivity contribution < 1.29 is 4.74 Å². The van der Waals surface area contributed by atoms with Crippen molar-refractivity contribution in [2.24, 2.45) is 10.4 Å². The summed E-state index contributed by atoms with van der Waals surface area (Å²) in [6.07, 6.45) is 7.94. The molecule has 2 aliphatic heterocycles. The Morgan fingerprint density at radius 1 is 1.22 bits per heavy atom. The maximum Gasteiger partial charge on any atom is 0.157 e. The van der Waals surface area contributed by atoms with E-state index in [0.29, 0.717) is 5.41 Å². The number of amidine groups is 1. The van der Waals surface area contributed by atoms with Crippen molar-refractivity contribution in [3.63, 3.8) is 0 Å². The first-order chi connectivity index (χ1) is 8.70. The van der Waals surface area contributed by atoms with E-state index in [1.165, 1.54) is 37.9 Å². The Labute approximate surface area is 114 Å². The van der Waals surface area contributed by atoms with Gasteiger partial charge in [0.15, 0.2) is 5.17 Å². The predicted molar refractivity (Wildman–Crippen MR) is 77.3 cm³/mol. The van der Waals surface area contributed by atoms with Crippen LogP contribution < -0.4 is 5.32 Å². The summed E-state index contributed by atoms with van der Waals surface area (Å²) in [6.45, 7) is 5.03. The Hall–Kier alpha value is -0.220. The summed E-state index contributed by atoms with van der Waals surface area (Å²) >= 11 is 1.93. The topological polar surface area (TPSA) is 33.6 Å². The fraction of sp³-hybridized carbons (Fsp3) is 0.929. The highest BCUT2D eigenvalue weighted by molar-refractivity contribution is 8.13. The molecule has 1 unspecified atom stereocenters. The number of aliphatic imine (C=N–C) groups is 1. The molecule has 1 saturated heterocycles. The van der Waals surface area contributed by atoms with Gasteiger partial charge in [0, 0.05) is 18.9 Å². The fourth-order valence-corrected chi connectivity index (χ4v) is 4.64. The third-order valence-corrected chi connectivity index (χ3v) is 5.85. The zero-order valence-electron chi connectivity index (χ0n) is 11.3. The summed E-state index contributed by atoms with van der Waals surface area (Å²) in [6, 6.07) is 0. The molecule has 1 atom stereocenters. The summed E-state index contributed by atoms with van der Waals surface area (Å²) in [5.41, 5.74) is 0.643. The molecule has 0 radical (unpaired) electrons. The molecule has 1 N–H and O–H groups in total. The normalized spacial score (nSPS) is 35.5. The zero-order valence-corrected chi connectivity index (χ0v) is 12.2. The van der Waals surface area contributed by atoms with Gasteiger partial charge in [-0.3, -0.25) is 4.99 Å². The second-order valence-corrected chi connectivity index (χ2v) is 7.42. The van der Waals surface area contributed by atoms with Crippen LogP contribution in [0.3, 0.4) is 0 Å². The van der Waals surface area contributed by atoms with Gasteiger partial charge in [-0.2, -0.15) is 0 Å². The summed E-state index contributed by atoms with van der Waals surface area (Å²) in [7, 11) is 0. The van der Waals surface area contributed by atoms with E-state index in [-0.39, 0.29) is 5.54 Å². The smallest absolute Gasteiger partial charge is 0.157 e.